The zero-order valence-electron chi connectivity index (χ0n) is 14.4. The van der Waals surface area contributed by atoms with Crippen molar-refractivity contribution in [1.82, 2.24) is 19.6 Å². The van der Waals surface area contributed by atoms with E-state index in [4.69, 9.17) is 11.6 Å². The van der Waals surface area contributed by atoms with E-state index in [1.54, 1.807) is 4.52 Å². The van der Waals surface area contributed by atoms with Crippen LogP contribution in [0.15, 0.2) is 60.7 Å². The van der Waals surface area contributed by atoms with Crippen molar-refractivity contribution in [2.24, 2.45) is 0 Å². The van der Waals surface area contributed by atoms with E-state index >= 15 is 0 Å². The third-order valence-corrected chi connectivity index (χ3v) is 4.33. The zero-order valence-corrected chi connectivity index (χ0v) is 15.1. The first-order valence-electron chi connectivity index (χ1n) is 8.43. The Bertz CT molecular complexity index is 1030. The van der Waals surface area contributed by atoms with E-state index in [-0.39, 0.29) is 0 Å². The quantitative estimate of drug-likeness (QED) is 0.574. The first-order valence-corrected chi connectivity index (χ1v) is 8.81. The van der Waals surface area contributed by atoms with Crippen molar-refractivity contribution in [1.29, 1.82) is 0 Å². The molecule has 0 amide bonds. The molecule has 0 saturated carbocycles. The van der Waals surface area contributed by atoms with Crippen LogP contribution < -0.4 is 5.32 Å². The number of nitrogens with zero attached hydrogens (tertiary/aromatic N) is 4. The number of nitrogens with one attached hydrogen (secondary N) is 1. The van der Waals surface area contributed by atoms with Crippen molar-refractivity contribution in [2.45, 2.75) is 19.9 Å². The standard InChI is InChI=1S/C20H18ClN5/c1-14-11-19(22-13-16-5-3-2-4-6-16)26-20(23-14)24-18(25-26)12-15-7-9-17(21)10-8-15/h2-11,22H,12-13H2,1H3. The van der Waals surface area contributed by atoms with E-state index < -0.39 is 0 Å². The van der Waals surface area contributed by atoms with Crippen LogP contribution in [-0.4, -0.2) is 19.6 Å². The van der Waals surface area contributed by atoms with Crippen LogP contribution in [-0.2, 0) is 13.0 Å². The van der Waals surface area contributed by atoms with Gasteiger partial charge in [-0.2, -0.15) is 9.50 Å². The second kappa shape index (κ2) is 7.14. The lowest BCUT2D eigenvalue weighted by Gasteiger charge is -2.08. The highest BCUT2D eigenvalue weighted by Gasteiger charge is 2.10. The first-order chi connectivity index (χ1) is 12.7. The molecular weight excluding hydrogens is 346 g/mol. The molecule has 2 heterocycles. The molecule has 2 aromatic heterocycles. The molecule has 4 rings (SSSR count). The van der Waals surface area contributed by atoms with Gasteiger partial charge in [0.15, 0.2) is 5.82 Å². The summed E-state index contributed by atoms with van der Waals surface area (Å²) in [6.45, 7) is 2.67. The van der Waals surface area contributed by atoms with Gasteiger partial charge in [0.1, 0.15) is 5.82 Å². The van der Waals surface area contributed by atoms with Crippen molar-refractivity contribution in [2.75, 3.05) is 5.32 Å². The fourth-order valence-corrected chi connectivity index (χ4v) is 2.93. The number of aromatic nitrogens is 4. The molecule has 0 bridgehead atoms. The molecular formula is C20H18ClN5. The molecule has 6 heteroatoms. The Kier molecular flexibility index (Phi) is 4.54. The van der Waals surface area contributed by atoms with E-state index in [1.165, 1.54) is 5.56 Å². The molecule has 0 atom stereocenters. The van der Waals surface area contributed by atoms with Crippen LogP contribution >= 0.6 is 11.6 Å². The minimum absolute atomic E-state index is 0.601. The lowest BCUT2D eigenvalue weighted by Crippen LogP contribution is -2.07. The predicted octanol–water partition coefficient (Wildman–Crippen LogP) is 4.29. The molecule has 0 aliphatic carbocycles. The average molecular weight is 364 g/mol. The van der Waals surface area contributed by atoms with Crippen molar-refractivity contribution in [3.05, 3.63) is 88.3 Å². The van der Waals surface area contributed by atoms with Crippen molar-refractivity contribution < 1.29 is 0 Å². The lowest BCUT2D eigenvalue weighted by atomic mass is 10.1. The Balaban J connectivity index is 1.61. The highest BCUT2D eigenvalue weighted by atomic mass is 35.5. The van der Waals surface area contributed by atoms with Gasteiger partial charge >= 0.3 is 0 Å². The fraction of sp³-hybridized carbons (Fsp3) is 0.150. The summed E-state index contributed by atoms with van der Waals surface area (Å²) < 4.78 is 1.77. The third kappa shape index (κ3) is 3.68. The molecule has 130 valence electrons. The smallest absolute Gasteiger partial charge is 0.254 e. The lowest BCUT2D eigenvalue weighted by molar-refractivity contribution is 0.881. The minimum atomic E-state index is 0.601. The number of hydrogen-bond donors (Lipinski definition) is 1. The number of anilines is 1. The number of hydrogen-bond acceptors (Lipinski definition) is 4. The van der Waals surface area contributed by atoms with Gasteiger partial charge in [-0.05, 0) is 30.2 Å². The van der Waals surface area contributed by atoms with Crippen LogP contribution in [0.3, 0.4) is 0 Å². The first kappa shape index (κ1) is 16.5. The SMILES string of the molecule is Cc1cc(NCc2ccccc2)n2nc(Cc3ccc(Cl)cc3)nc2n1. The monoisotopic (exact) mass is 363 g/mol. The highest BCUT2D eigenvalue weighted by molar-refractivity contribution is 6.30. The molecule has 26 heavy (non-hydrogen) atoms. The Labute approximate surface area is 156 Å². The molecule has 0 radical (unpaired) electrons. The maximum Gasteiger partial charge on any atom is 0.254 e. The number of rotatable bonds is 5. The number of fused-ring (bicyclic) bond motifs is 1. The third-order valence-electron chi connectivity index (χ3n) is 4.08. The van der Waals surface area contributed by atoms with Gasteiger partial charge < -0.3 is 5.32 Å². The highest BCUT2D eigenvalue weighted by Crippen LogP contribution is 2.16. The Morgan fingerprint density at radius 1 is 0.962 bits per heavy atom. The molecule has 4 aromatic rings. The van der Waals surface area contributed by atoms with Gasteiger partial charge in [0.2, 0.25) is 0 Å². The van der Waals surface area contributed by atoms with Crippen LogP contribution in [0.4, 0.5) is 5.82 Å². The predicted molar refractivity (Wildman–Crippen MR) is 104 cm³/mol. The summed E-state index contributed by atoms with van der Waals surface area (Å²) in [6.07, 6.45) is 0.637. The molecule has 0 aliphatic rings. The number of aryl methyl sites for hydroxylation is 1. The van der Waals surface area contributed by atoms with E-state index in [0.29, 0.717) is 18.7 Å². The molecule has 1 N–H and O–H groups in total. The van der Waals surface area contributed by atoms with E-state index in [2.05, 4.69) is 32.5 Å². The average Bonchev–Trinajstić information content (AvgIpc) is 3.04. The fourth-order valence-electron chi connectivity index (χ4n) is 2.80. The summed E-state index contributed by atoms with van der Waals surface area (Å²) in [6, 6.07) is 20.0. The van der Waals surface area contributed by atoms with E-state index in [1.807, 2.05) is 55.5 Å². The van der Waals surface area contributed by atoms with Gasteiger partial charge in [0.05, 0.1) is 0 Å². The van der Waals surface area contributed by atoms with Gasteiger partial charge in [-0.3, -0.25) is 0 Å². The van der Waals surface area contributed by atoms with Crippen LogP contribution in [0, 0.1) is 6.92 Å². The van der Waals surface area contributed by atoms with Crippen molar-refractivity contribution >= 4 is 23.2 Å². The van der Waals surface area contributed by atoms with Gasteiger partial charge in [-0.25, -0.2) is 4.98 Å². The molecule has 0 fully saturated rings. The molecule has 0 aliphatic heterocycles. The molecule has 5 nitrogen and oxygen atoms in total. The Hall–Kier alpha value is -2.92. The molecule has 0 saturated heterocycles. The second-order valence-electron chi connectivity index (χ2n) is 6.16. The normalized spacial score (nSPS) is 11.0. The summed E-state index contributed by atoms with van der Waals surface area (Å²) in [5, 5.41) is 8.79. The minimum Gasteiger partial charge on any atom is -0.366 e. The van der Waals surface area contributed by atoms with E-state index in [9.17, 15) is 0 Å². The van der Waals surface area contributed by atoms with Gasteiger partial charge in [0, 0.05) is 29.7 Å². The Morgan fingerprint density at radius 3 is 2.50 bits per heavy atom. The maximum atomic E-state index is 5.95. The van der Waals surface area contributed by atoms with Gasteiger partial charge in [-0.1, -0.05) is 54.1 Å². The largest absolute Gasteiger partial charge is 0.366 e. The maximum absolute atomic E-state index is 5.95. The topological polar surface area (TPSA) is 55.1 Å². The summed E-state index contributed by atoms with van der Waals surface area (Å²) in [5.41, 5.74) is 3.22. The van der Waals surface area contributed by atoms with Crippen molar-refractivity contribution in [3.8, 4) is 0 Å². The number of benzene rings is 2. The van der Waals surface area contributed by atoms with Crippen LogP contribution in [0.5, 0.6) is 0 Å². The summed E-state index contributed by atoms with van der Waals surface area (Å²) in [5.74, 6) is 2.21. The van der Waals surface area contributed by atoms with E-state index in [0.717, 1.165) is 27.9 Å². The number of halogens is 1. The van der Waals surface area contributed by atoms with Gasteiger partial charge in [0.25, 0.3) is 5.78 Å². The van der Waals surface area contributed by atoms with Gasteiger partial charge in [-0.15, -0.1) is 5.10 Å². The zero-order chi connectivity index (χ0) is 17.9. The summed E-state index contributed by atoms with van der Waals surface area (Å²) >= 11 is 5.95. The molecule has 0 spiro atoms. The summed E-state index contributed by atoms with van der Waals surface area (Å²) in [7, 11) is 0. The molecule has 2 aromatic carbocycles. The van der Waals surface area contributed by atoms with Crippen molar-refractivity contribution in [3.63, 3.8) is 0 Å². The van der Waals surface area contributed by atoms with Crippen LogP contribution in [0.25, 0.3) is 5.78 Å². The van der Waals surface area contributed by atoms with Crippen LogP contribution in [0.1, 0.15) is 22.6 Å². The molecule has 0 unspecified atom stereocenters. The van der Waals surface area contributed by atoms with Crippen LogP contribution in [0.2, 0.25) is 5.02 Å². The summed E-state index contributed by atoms with van der Waals surface area (Å²) in [4.78, 5) is 9.07. The second-order valence-corrected chi connectivity index (χ2v) is 6.60. The Morgan fingerprint density at radius 2 is 1.73 bits per heavy atom.